The lowest BCUT2D eigenvalue weighted by Gasteiger charge is -2.23. The molecular formula is C13H28N2O3. The van der Waals surface area contributed by atoms with E-state index in [1.165, 1.54) is 0 Å². The molecule has 1 atom stereocenters. The Morgan fingerprint density at radius 2 is 2.00 bits per heavy atom. The summed E-state index contributed by atoms with van der Waals surface area (Å²) in [5, 5.41) is 3.17. The van der Waals surface area contributed by atoms with Crippen molar-refractivity contribution in [1.82, 2.24) is 10.2 Å². The predicted molar refractivity (Wildman–Crippen MR) is 72.7 cm³/mol. The van der Waals surface area contributed by atoms with Crippen molar-refractivity contribution in [3.8, 4) is 0 Å². The molecule has 0 radical (unpaired) electrons. The smallest absolute Gasteiger partial charge is 0.323 e. The van der Waals surface area contributed by atoms with Gasteiger partial charge in [0.2, 0.25) is 0 Å². The molecule has 0 aliphatic carbocycles. The molecule has 5 heteroatoms. The summed E-state index contributed by atoms with van der Waals surface area (Å²) in [4.78, 5) is 14.0. The molecule has 0 aromatic heterocycles. The fraction of sp³-hybridized carbons (Fsp3) is 0.923. The Hall–Kier alpha value is -0.650. The van der Waals surface area contributed by atoms with Crippen LogP contribution in [0.15, 0.2) is 0 Å². The van der Waals surface area contributed by atoms with Crippen molar-refractivity contribution in [3.63, 3.8) is 0 Å². The molecule has 0 aromatic carbocycles. The van der Waals surface area contributed by atoms with Gasteiger partial charge in [-0.2, -0.15) is 0 Å². The van der Waals surface area contributed by atoms with Gasteiger partial charge in [-0.25, -0.2) is 0 Å². The number of carbonyl (C=O) groups is 1. The van der Waals surface area contributed by atoms with E-state index in [2.05, 4.69) is 17.1 Å². The summed E-state index contributed by atoms with van der Waals surface area (Å²) in [6.45, 7) is 10.6. The van der Waals surface area contributed by atoms with Crippen LogP contribution in [0.4, 0.5) is 0 Å². The maximum Gasteiger partial charge on any atom is 0.323 e. The standard InChI is InChI=1S/C13H28N2O3/c1-5-14-12(13(16)18-7-3)8-9-15(6-2)10-11-17-4/h12,14H,5-11H2,1-4H3. The molecular weight excluding hydrogens is 232 g/mol. The van der Waals surface area contributed by atoms with Gasteiger partial charge in [0.25, 0.3) is 0 Å². The summed E-state index contributed by atoms with van der Waals surface area (Å²) in [6.07, 6.45) is 0.768. The lowest BCUT2D eigenvalue weighted by atomic mass is 10.2. The quantitative estimate of drug-likeness (QED) is 0.559. The third kappa shape index (κ3) is 7.63. The summed E-state index contributed by atoms with van der Waals surface area (Å²) >= 11 is 0. The van der Waals surface area contributed by atoms with Crippen LogP contribution in [0.2, 0.25) is 0 Å². The normalized spacial score (nSPS) is 12.7. The van der Waals surface area contributed by atoms with Gasteiger partial charge in [-0.1, -0.05) is 13.8 Å². The zero-order valence-corrected chi connectivity index (χ0v) is 12.2. The van der Waals surface area contributed by atoms with Crippen LogP contribution in [0.3, 0.4) is 0 Å². The minimum Gasteiger partial charge on any atom is -0.465 e. The van der Waals surface area contributed by atoms with Crippen LogP contribution in [0, 0.1) is 0 Å². The van der Waals surface area contributed by atoms with Crippen LogP contribution in [-0.4, -0.2) is 63.4 Å². The van der Waals surface area contributed by atoms with Crippen molar-refractivity contribution in [2.24, 2.45) is 0 Å². The highest BCUT2D eigenvalue weighted by Gasteiger charge is 2.19. The molecule has 108 valence electrons. The van der Waals surface area contributed by atoms with E-state index in [0.717, 1.165) is 39.2 Å². The molecule has 0 aromatic rings. The Labute approximate surface area is 111 Å². The number of esters is 1. The number of likely N-dealkylation sites (N-methyl/N-ethyl adjacent to an activating group) is 2. The first kappa shape index (κ1) is 17.4. The minimum absolute atomic E-state index is 0.151. The first-order valence-electron chi connectivity index (χ1n) is 6.80. The number of hydrogen-bond acceptors (Lipinski definition) is 5. The molecule has 18 heavy (non-hydrogen) atoms. The fourth-order valence-corrected chi connectivity index (χ4v) is 1.75. The molecule has 0 fully saturated rings. The van der Waals surface area contributed by atoms with Crippen LogP contribution in [-0.2, 0) is 14.3 Å². The topological polar surface area (TPSA) is 50.8 Å². The first-order valence-corrected chi connectivity index (χ1v) is 6.80. The second-order valence-electron chi connectivity index (χ2n) is 4.08. The summed E-state index contributed by atoms with van der Waals surface area (Å²) in [6, 6.07) is -0.202. The Morgan fingerprint density at radius 1 is 1.28 bits per heavy atom. The summed E-state index contributed by atoms with van der Waals surface area (Å²) in [5.74, 6) is -0.151. The summed E-state index contributed by atoms with van der Waals surface area (Å²) in [7, 11) is 1.70. The van der Waals surface area contributed by atoms with Crippen LogP contribution < -0.4 is 5.32 Å². The summed E-state index contributed by atoms with van der Waals surface area (Å²) in [5.41, 5.74) is 0. The van der Waals surface area contributed by atoms with Gasteiger partial charge in [-0.3, -0.25) is 4.79 Å². The monoisotopic (exact) mass is 260 g/mol. The average Bonchev–Trinajstić information content (AvgIpc) is 2.37. The van der Waals surface area contributed by atoms with Gasteiger partial charge in [-0.05, 0) is 26.4 Å². The molecule has 0 rings (SSSR count). The maximum atomic E-state index is 11.7. The van der Waals surface area contributed by atoms with E-state index in [1.54, 1.807) is 7.11 Å². The van der Waals surface area contributed by atoms with E-state index >= 15 is 0 Å². The zero-order chi connectivity index (χ0) is 13.8. The Balaban J connectivity index is 4.10. The number of ether oxygens (including phenoxy) is 2. The van der Waals surface area contributed by atoms with Crippen molar-refractivity contribution in [1.29, 1.82) is 0 Å². The van der Waals surface area contributed by atoms with E-state index in [0.29, 0.717) is 6.61 Å². The fourth-order valence-electron chi connectivity index (χ4n) is 1.75. The second kappa shape index (κ2) is 11.4. The largest absolute Gasteiger partial charge is 0.465 e. The third-order valence-corrected chi connectivity index (χ3v) is 2.81. The molecule has 0 aliphatic rings. The Morgan fingerprint density at radius 3 is 2.50 bits per heavy atom. The van der Waals surface area contributed by atoms with Gasteiger partial charge in [-0.15, -0.1) is 0 Å². The van der Waals surface area contributed by atoms with Crippen LogP contribution >= 0.6 is 0 Å². The van der Waals surface area contributed by atoms with Crippen LogP contribution in [0.1, 0.15) is 27.2 Å². The van der Waals surface area contributed by atoms with E-state index in [4.69, 9.17) is 9.47 Å². The predicted octanol–water partition coefficient (Wildman–Crippen LogP) is 0.886. The van der Waals surface area contributed by atoms with Crippen molar-refractivity contribution in [3.05, 3.63) is 0 Å². The molecule has 5 nitrogen and oxygen atoms in total. The van der Waals surface area contributed by atoms with Crippen molar-refractivity contribution in [2.45, 2.75) is 33.2 Å². The van der Waals surface area contributed by atoms with Gasteiger partial charge in [0, 0.05) is 20.2 Å². The highest BCUT2D eigenvalue weighted by molar-refractivity contribution is 5.75. The molecule has 0 heterocycles. The van der Waals surface area contributed by atoms with E-state index in [1.807, 2.05) is 13.8 Å². The Kier molecular flexibility index (Phi) is 11.0. The maximum absolute atomic E-state index is 11.7. The molecule has 0 bridgehead atoms. The minimum atomic E-state index is -0.202. The highest BCUT2D eigenvalue weighted by atomic mass is 16.5. The number of nitrogens with one attached hydrogen (secondary N) is 1. The van der Waals surface area contributed by atoms with Crippen molar-refractivity contribution >= 4 is 5.97 Å². The second-order valence-corrected chi connectivity index (χ2v) is 4.08. The third-order valence-electron chi connectivity index (χ3n) is 2.81. The zero-order valence-electron chi connectivity index (χ0n) is 12.2. The lowest BCUT2D eigenvalue weighted by molar-refractivity contribution is -0.145. The van der Waals surface area contributed by atoms with Crippen molar-refractivity contribution < 1.29 is 14.3 Å². The molecule has 0 spiro atoms. The lowest BCUT2D eigenvalue weighted by Crippen LogP contribution is -2.41. The Bertz CT molecular complexity index is 212. The SMILES string of the molecule is CCNC(CCN(CC)CCOC)C(=O)OCC. The van der Waals surface area contributed by atoms with Crippen LogP contribution in [0.5, 0.6) is 0 Å². The van der Waals surface area contributed by atoms with Gasteiger partial charge >= 0.3 is 5.97 Å². The molecule has 1 unspecified atom stereocenters. The number of hydrogen-bond donors (Lipinski definition) is 1. The van der Waals surface area contributed by atoms with Crippen LogP contribution in [0.25, 0.3) is 0 Å². The molecule has 1 N–H and O–H groups in total. The van der Waals surface area contributed by atoms with Gasteiger partial charge in [0.05, 0.1) is 13.2 Å². The first-order chi connectivity index (χ1) is 8.69. The van der Waals surface area contributed by atoms with Gasteiger partial charge in [0.15, 0.2) is 0 Å². The molecule has 0 saturated heterocycles. The number of methoxy groups -OCH3 is 1. The summed E-state index contributed by atoms with van der Waals surface area (Å²) < 4.78 is 10.1. The number of nitrogens with zero attached hydrogens (tertiary/aromatic N) is 1. The average molecular weight is 260 g/mol. The molecule has 0 saturated carbocycles. The number of carbonyl (C=O) groups excluding carboxylic acids is 1. The van der Waals surface area contributed by atoms with Gasteiger partial charge < -0.3 is 19.7 Å². The van der Waals surface area contributed by atoms with Crippen molar-refractivity contribution in [2.75, 3.05) is 46.5 Å². The van der Waals surface area contributed by atoms with E-state index in [9.17, 15) is 4.79 Å². The molecule has 0 amide bonds. The van der Waals surface area contributed by atoms with E-state index < -0.39 is 0 Å². The van der Waals surface area contributed by atoms with E-state index in [-0.39, 0.29) is 12.0 Å². The number of rotatable bonds is 11. The van der Waals surface area contributed by atoms with Gasteiger partial charge in [0.1, 0.15) is 6.04 Å². The molecule has 0 aliphatic heterocycles. The highest BCUT2D eigenvalue weighted by Crippen LogP contribution is 2.00.